The highest BCUT2D eigenvalue weighted by atomic mass is 79.9. The zero-order chi connectivity index (χ0) is 13.8. The van der Waals surface area contributed by atoms with E-state index in [4.69, 9.17) is 4.74 Å². The maximum absolute atomic E-state index is 10.8. The maximum Gasteiger partial charge on any atom is 0.291 e. The number of piperidine rings is 1. The van der Waals surface area contributed by atoms with Gasteiger partial charge in [-0.25, -0.2) is 4.98 Å². The van der Waals surface area contributed by atoms with E-state index >= 15 is 0 Å². The van der Waals surface area contributed by atoms with Gasteiger partial charge in [0.05, 0.1) is 16.0 Å². The zero-order valence-corrected chi connectivity index (χ0v) is 12.3. The summed E-state index contributed by atoms with van der Waals surface area (Å²) in [4.78, 5) is 14.4. The Labute approximate surface area is 119 Å². The lowest BCUT2D eigenvalue weighted by Gasteiger charge is -2.22. The van der Waals surface area contributed by atoms with Crippen LogP contribution in [0.1, 0.15) is 18.4 Å². The topological polar surface area (TPSA) is 77.3 Å². The minimum atomic E-state index is -0.441. The summed E-state index contributed by atoms with van der Waals surface area (Å²) in [5.41, 5.74) is 0.543. The summed E-state index contributed by atoms with van der Waals surface area (Å²) in [7, 11) is 0. The molecule has 0 bridgehead atoms. The van der Waals surface area contributed by atoms with E-state index in [1.807, 2.05) is 0 Å². The number of nitro groups is 1. The number of pyridine rings is 1. The molecule has 1 aliphatic rings. The monoisotopic (exact) mass is 329 g/mol. The molecule has 0 atom stereocenters. The standard InChI is InChI=1S/C12H16BrN3O3/c1-8-10(16(17)18)6-15-12(11(8)13)19-7-9-2-4-14-5-3-9/h6,9,14H,2-5,7H2,1H3. The smallest absolute Gasteiger partial charge is 0.291 e. The molecule has 1 aliphatic heterocycles. The zero-order valence-electron chi connectivity index (χ0n) is 10.7. The highest BCUT2D eigenvalue weighted by Crippen LogP contribution is 2.32. The number of nitrogens with one attached hydrogen (secondary N) is 1. The third-order valence-corrected chi connectivity index (χ3v) is 4.25. The average Bonchev–Trinajstić information content (AvgIpc) is 2.41. The predicted molar refractivity (Wildman–Crippen MR) is 74.4 cm³/mol. The molecule has 1 aromatic rings. The first-order valence-corrected chi connectivity index (χ1v) is 7.02. The highest BCUT2D eigenvalue weighted by molar-refractivity contribution is 9.10. The summed E-state index contributed by atoms with van der Waals surface area (Å²) in [6.45, 7) is 4.32. The van der Waals surface area contributed by atoms with Crippen molar-refractivity contribution in [2.45, 2.75) is 19.8 Å². The molecule has 0 radical (unpaired) electrons. The van der Waals surface area contributed by atoms with Crippen molar-refractivity contribution >= 4 is 21.6 Å². The van der Waals surface area contributed by atoms with Gasteiger partial charge in [0.15, 0.2) is 0 Å². The highest BCUT2D eigenvalue weighted by Gasteiger charge is 2.19. The third-order valence-electron chi connectivity index (χ3n) is 3.32. The minimum absolute atomic E-state index is 0.00101. The molecule has 2 heterocycles. The van der Waals surface area contributed by atoms with Crippen molar-refractivity contribution in [2.75, 3.05) is 19.7 Å². The first-order chi connectivity index (χ1) is 9.09. The van der Waals surface area contributed by atoms with Gasteiger partial charge in [0.2, 0.25) is 5.88 Å². The van der Waals surface area contributed by atoms with Crippen LogP contribution in [0.5, 0.6) is 5.88 Å². The lowest BCUT2D eigenvalue weighted by molar-refractivity contribution is -0.385. The van der Waals surface area contributed by atoms with Gasteiger partial charge in [-0.2, -0.15) is 0 Å². The number of rotatable bonds is 4. The molecule has 0 aromatic carbocycles. The second kappa shape index (κ2) is 6.29. The Kier molecular flexibility index (Phi) is 4.71. The maximum atomic E-state index is 10.8. The van der Waals surface area contributed by atoms with E-state index in [-0.39, 0.29) is 5.69 Å². The van der Waals surface area contributed by atoms with Gasteiger partial charge < -0.3 is 10.1 Å². The molecular formula is C12H16BrN3O3. The van der Waals surface area contributed by atoms with E-state index in [1.165, 1.54) is 6.20 Å². The van der Waals surface area contributed by atoms with Crippen LogP contribution in [0.2, 0.25) is 0 Å². The first kappa shape index (κ1) is 14.2. The molecular weight excluding hydrogens is 314 g/mol. The van der Waals surface area contributed by atoms with Crippen LogP contribution in [-0.4, -0.2) is 29.6 Å². The van der Waals surface area contributed by atoms with Crippen LogP contribution >= 0.6 is 15.9 Å². The van der Waals surface area contributed by atoms with E-state index in [2.05, 4.69) is 26.2 Å². The van der Waals surface area contributed by atoms with Crippen molar-refractivity contribution in [3.8, 4) is 5.88 Å². The molecule has 1 aromatic heterocycles. The quantitative estimate of drug-likeness (QED) is 0.678. The molecule has 19 heavy (non-hydrogen) atoms. The van der Waals surface area contributed by atoms with Crippen LogP contribution < -0.4 is 10.1 Å². The Morgan fingerprint density at radius 2 is 2.26 bits per heavy atom. The molecule has 6 nitrogen and oxygen atoms in total. The van der Waals surface area contributed by atoms with Gasteiger partial charge in [-0.3, -0.25) is 10.1 Å². The van der Waals surface area contributed by atoms with E-state index in [0.29, 0.717) is 28.4 Å². The SMILES string of the molecule is Cc1c([N+](=O)[O-])cnc(OCC2CCNCC2)c1Br. The fourth-order valence-electron chi connectivity index (χ4n) is 2.08. The van der Waals surface area contributed by atoms with Crippen molar-refractivity contribution < 1.29 is 9.66 Å². The number of aromatic nitrogens is 1. The second-order valence-electron chi connectivity index (χ2n) is 4.65. The van der Waals surface area contributed by atoms with Gasteiger partial charge in [-0.05, 0) is 54.7 Å². The first-order valence-electron chi connectivity index (χ1n) is 6.22. The molecule has 2 rings (SSSR count). The Morgan fingerprint density at radius 1 is 1.58 bits per heavy atom. The van der Waals surface area contributed by atoms with E-state index < -0.39 is 4.92 Å². The molecule has 0 spiro atoms. The molecule has 0 aliphatic carbocycles. The number of hydrogen-bond acceptors (Lipinski definition) is 5. The summed E-state index contributed by atoms with van der Waals surface area (Å²) >= 11 is 3.32. The van der Waals surface area contributed by atoms with Crippen LogP contribution in [0.15, 0.2) is 10.7 Å². The number of nitrogens with zero attached hydrogens (tertiary/aromatic N) is 2. The van der Waals surface area contributed by atoms with Crippen LogP contribution in [-0.2, 0) is 0 Å². The van der Waals surface area contributed by atoms with Gasteiger partial charge in [0.25, 0.3) is 5.69 Å². The van der Waals surface area contributed by atoms with E-state index in [9.17, 15) is 10.1 Å². The molecule has 1 saturated heterocycles. The number of ether oxygens (including phenoxy) is 1. The number of hydrogen-bond donors (Lipinski definition) is 1. The van der Waals surface area contributed by atoms with Gasteiger partial charge in [0, 0.05) is 5.56 Å². The lowest BCUT2D eigenvalue weighted by Crippen LogP contribution is -2.30. The molecule has 0 saturated carbocycles. The molecule has 7 heteroatoms. The lowest BCUT2D eigenvalue weighted by atomic mass is 9.99. The van der Waals surface area contributed by atoms with Crippen LogP contribution in [0.4, 0.5) is 5.69 Å². The molecule has 0 amide bonds. The Balaban J connectivity index is 2.04. The fraction of sp³-hybridized carbons (Fsp3) is 0.583. The van der Waals surface area contributed by atoms with Crippen LogP contribution in [0.25, 0.3) is 0 Å². The van der Waals surface area contributed by atoms with Gasteiger partial charge in [-0.15, -0.1) is 0 Å². The predicted octanol–water partition coefficient (Wildman–Crippen LogP) is 2.44. The summed E-state index contributed by atoms with van der Waals surface area (Å²) in [5, 5.41) is 14.1. The number of halogens is 1. The summed E-state index contributed by atoms with van der Waals surface area (Å²) in [5.74, 6) is 0.951. The second-order valence-corrected chi connectivity index (χ2v) is 5.44. The molecule has 1 fully saturated rings. The van der Waals surface area contributed by atoms with Gasteiger partial charge >= 0.3 is 0 Å². The van der Waals surface area contributed by atoms with E-state index in [1.54, 1.807) is 6.92 Å². The largest absolute Gasteiger partial charge is 0.477 e. The van der Waals surface area contributed by atoms with Crippen molar-refractivity contribution in [3.05, 3.63) is 26.3 Å². The Morgan fingerprint density at radius 3 is 2.89 bits per heavy atom. The fourth-order valence-corrected chi connectivity index (χ4v) is 2.50. The van der Waals surface area contributed by atoms with Gasteiger partial charge in [-0.1, -0.05) is 0 Å². The molecule has 104 valence electrons. The minimum Gasteiger partial charge on any atom is -0.477 e. The van der Waals surface area contributed by atoms with Crippen molar-refractivity contribution in [1.29, 1.82) is 0 Å². The Hall–Kier alpha value is -1.21. The van der Waals surface area contributed by atoms with Crippen LogP contribution in [0.3, 0.4) is 0 Å². The average molecular weight is 330 g/mol. The van der Waals surface area contributed by atoms with Crippen LogP contribution in [0, 0.1) is 23.0 Å². The summed E-state index contributed by atoms with van der Waals surface area (Å²) in [6.07, 6.45) is 3.42. The Bertz CT molecular complexity index is 476. The van der Waals surface area contributed by atoms with Crippen molar-refractivity contribution in [1.82, 2.24) is 10.3 Å². The third kappa shape index (κ3) is 3.42. The van der Waals surface area contributed by atoms with Crippen molar-refractivity contribution in [2.24, 2.45) is 5.92 Å². The van der Waals surface area contributed by atoms with Gasteiger partial charge in [0.1, 0.15) is 6.20 Å². The van der Waals surface area contributed by atoms with E-state index in [0.717, 1.165) is 25.9 Å². The normalized spacial score (nSPS) is 16.3. The summed E-state index contributed by atoms with van der Waals surface area (Å²) < 4.78 is 6.25. The molecule has 0 unspecified atom stereocenters. The molecule has 1 N–H and O–H groups in total. The summed E-state index contributed by atoms with van der Waals surface area (Å²) in [6, 6.07) is 0. The van der Waals surface area contributed by atoms with Crippen molar-refractivity contribution in [3.63, 3.8) is 0 Å².